The van der Waals surface area contributed by atoms with Crippen LogP contribution in [0.15, 0.2) is 18.2 Å². The van der Waals surface area contributed by atoms with Gasteiger partial charge in [-0.1, -0.05) is 17.7 Å². The van der Waals surface area contributed by atoms with Crippen molar-refractivity contribution in [2.45, 2.75) is 33.8 Å². The van der Waals surface area contributed by atoms with E-state index in [4.69, 9.17) is 4.74 Å². The van der Waals surface area contributed by atoms with E-state index in [9.17, 15) is 4.79 Å². The van der Waals surface area contributed by atoms with E-state index >= 15 is 0 Å². The van der Waals surface area contributed by atoms with E-state index in [0.29, 0.717) is 0 Å². The Morgan fingerprint density at radius 1 is 1.35 bits per heavy atom. The van der Waals surface area contributed by atoms with Crippen LogP contribution in [0, 0.1) is 13.8 Å². The van der Waals surface area contributed by atoms with Crippen LogP contribution >= 0.6 is 0 Å². The number of benzene rings is 1. The summed E-state index contributed by atoms with van der Waals surface area (Å²) in [4.78, 5) is 13.5. The van der Waals surface area contributed by atoms with Crippen molar-refractivity contribution in [3.8, 4) is 0 Å². The van der Waals surface area contributed by atoms with Gasteiger partial charge in [-0.25, -0.2) is 0 Å². The minimum atomic E-state index is -0.192. The monoisotopic (exact) mass is 235 g/mol. The minimum absolute atomic E-state index is 0.0602. The topological polar surface area (TPSA) is 29.5 Å². The quantitative estimate of drug-likeness (QED) is 0.751. The summed E-state index contributed by atoms with van der Waals surface area (Å²) in [5.74, 6) is -0.192. The fraction of sp³-hybridized carbons (Fsp3) is 0.500. The number of likely N-dealkylation sites (N-methyl/N-ethyl adjacent to an activating group) is 1. The highest BCUT2D eigenvalue weighted by Gasteiger charge is 2.11. The molecule has 17 heavy (non-hydrogen) atoms. The second kappa shape index (κ2) is 5.71. The molecule has 3 heteroatoms. The Morgan fingerprint density at radius 2 is 2.00 bits per heavy atom. The molecule has 0 spiro atoms. The van der Waals surface area contributed by atoms with Crippen molar-refractivity contribution in [3.63, 3.8) is 0 Å². The Morgan fingerprint density at radius 3 is 2.53 bits per heavy atom. The molecule has 0 aromatic heterocycles. The molecule has 1 aromatic carbocycles. The van der Waals surface area contributed by atoms with Gasteiger partial charge in [0.15, 0.2) is 0 Å². The molecule has 0 amide bonds. The number of ether oxygens (including phenoxy) is 1. The number of hydrogen-bond donors (Lipinski definition) is 0. The Labute approximate surface area is 103 Å². The van der Waals surface area contributed by atoms with E-state index in [1.165, 1.54) is 11.1 Å². The Balaban J connectivity index is 2.69. The van der Waals surface area contributed by atoms with Crippen molar-refractivity contribution in [1.29, 1.82) is 0 Å². The van der Waals surface area contributed by atoms with E-state index in [-0.39, 0.29) is 18.6 Å². The highest BCUT2D eigenvalue weighted by molar-refractivity contribution is 5.76. The summed E-state index contributed by atoms with van der Waals surface area (Å²) in [5.41, 5.74) is 3.46. The third-order valence-corrected chi connectivity index (χ3v) is 2.50. The average molecular weight is 235 g/mol. The summed E-state index contributed by atoms with van der Waals surface area (Å²) in [5, 5.41) is 0. The van der Waals surface area contributed by atoms with Crippen LogP contribution in [0.25, 0.3) is 0 Å². The summed E-state index contributed by atoms with van der Waals surface area (Å²) in [7, 11) is 1.90. The number of hydrogen-bond acceptors (Lipinski definition) is 3. The van der Waals surface area contributed by atoms with Gasteiger partial charge >= 0.3 is 5.97 Å². The van der Waals surface area contributed by atoms with Gasteiger partial charge < -0.3 is 9.64 Å². The van der Waals surface area contributed by atoms with E-state index in [1.54, 1.807) is 0 Å². The lowest BCUT2D eigenvalue weighted by Crippen LogP contribution is -2.29. The van der Waals surface area contributed by atoms with E-state index < -0.39 is 0 Å². The first-order valence-corrected chi connectivity index (χ1v) is 5.88. The molecule has 0 heterocycles. The first-order valence-electron chi connectivity index (χ1n) is 5.88. The SMILES string of the molecule is Cc1ccc(N(C)CC(=O)OC(C)C)c(C)c1. The molecule has 0 aliphatic carbocycles. The molecule has 0 saturated carbocycles. The van der Waals surface area contributed by atoms with Crippen molar-refractivity contribution in [2.75, 3.05) is 18.5 Å². The lowest BCUT2D eigenvalue weighted by atomic mass is 10.1. The maximum Gasteiger partial charge on any atom is 0.325 e. The van der Waals surface area contributed by atoms with Crippen molar-refractivity contribution < 1.29 is 9.53 Å². The molecule has 94 valence electrons. The summed E-state index contributed by atoms with van der Waals surface area (Å²) >= 11 is 0. The number of carbonyl (C=O) groups excluding carboxylic acids is 1. The van der Waals surface area contributed by atoms with Gasteiger partial charge in [0.05, 0.1) is 6.10 Å². The van der Waals surface area contributed by atoms with Crippen LogP contribution in [0.4, 0.5) is 5.69 Å². The van der Waals surface area contributed by atoms with Crippen molar-refractivity contribution in [2.24, 2.45) is 0 Å². The first-order chi connectivity index (χ1) is 7.90. The summed E-state index contributed by atoms with van der Waals surface area (Å²) in [6.45, 7) is 8.10. The second-order valence-electron chi connectivity index (χ2n) is 4.68. The van der Waals surface area contributed by atoms with Gasteiger partial charge in [-0.15, -0.1) is 0 Å². The number of nitrogens with zero attached hydrogens (tertiary/aromatic N) is 1. The van der Waals surface area contributed by atoms with E-state index in [0.717, 1.165) is 5.69 Å². The third kappa shape index (κ3) is 4.10. The number of esters is 1. The van der Waals surface area contributed by atoms with Gasteiger partial charge in [-0.3, -0.25) is 4.79 Å². The number of carbonyl (C=O) groups is 1. The maximum absolute atomic E-state index is 11.6. The molecule has 0 N–H and O–H groups in total. The fourth-order valence-electron chi connectivity index (χ4n) is 1.81. The van der Waals surface area contributed by atoms with Crippen molar-refractivity contribution in [3.05, 3.63) is 29.3 Å². The molecule has 1 rings (SSSR count). The zero-order valence-electron chi connectivity index (χ0n) is 11.3. The highest BCUT2D eigenvalue weighted by Crippen LogP contribution is 2.19. The van der Waals surface area contributed by atoms with Gasteiger partial charge in [0, 0.05) is 12.7 Å². The zero-order valence-corrected chi connectivity index (χ0v) is 11.3. The molecule has 0 aliphatic heterocycles. The van der Waals surface area contributed by atoms with Crippen LogP contribution in [0.2, 0.25) is 0 Å². The molecule has 1 aromatic rings. The molecular weight excluding hydrogens is 214 g/mol. The molecule has 0 bridgehead atoms. The standard InChI is InChI=1S/C14H21NO2/c1-10(2)17-14(16)9-15(5)13-7-6-11(3)8-12(13)4/h6-8,10H,9H2,1-5H3. The van der Waals surface area contributed by atoms with Crippen LogP contribution in [0.1, 0.15) is 25.0 Å². The Hall–Kier alpha value is -1.51. The fourth-order valence-corrected chi connectivity index (χ4v) is 1.81. The molecule has 0 atom stereocenters. The van der Waals surface area contributed by atoms with Crippen LogP contribution in [-0.2, 0) is 9.53 Å². The molecule has 0 saturated heterocycles. The summed E-state index contributed by atoms with van der Waals surface area (Å²) in [6, 6.07) is 6.19. The third-order valence-electron chi connectivity index (χ3n) is 2.50. The zero-order chi connectivity index (χ0) is 13.0. The average Bonchev–Trinajstić information content (AvgIpc) is 2.15. The first kappa shape index (κ1) is 13.6. The van der Waals surface area contributed by atoms with Crippen molar-refractivity contribution in [1.82, 2.24) is 0 Å². The van der Waals surface area contributed by atoms with Gasteiger partial charge in [-0.05, 0) is 39.3 Å². The summed E-state index contributed by atoms with van der Waals surface area (Å²) < 4.78 is 5.13. The molecule has 0 fully saturated rings. The van der Waals surface area contributed by atoms with Crippen LogP contribution in [0.3, 0.4) is 0 Å². The molecule has 3 nitrogen and oxygen atoms in total. The van der Waals surface area contributed by atoms with Crippen LogP contribution < -0.4 is 4.90 Å². The van der Waals surface area contributed by atoms with E-state index in [2.05, 4.69) is 13.0 Å². The van der Waals surface area contributed by atoms with E-state index in [1.807, 2.05) is 44.9 Å². The number of aryl methyl sites for hydroxylation is 2. The summed E-state index contributed by atoms with van der Waals surface area (Å²) in [6.07, 6.45) is -0.0602. The van der Waals surface area contributed by atoms with Gasteiger partial charge in [-0.2, -0.15) is 0 Å². The van der Waals surface area contributed by atoms with Crippen LogP contribution in [0.5, 0.6) is 0 Å². The normalized spacial score (nSPS) is 10.5. The van der Waals surface area contributed by atoms with Crippen molar-refractivity contribution >= 4 is 11.7 Å². The minimum Gasteiger partial charge on any atom is -0.462 e. The Kier molecular flexibility index (Phi) is 4.55. The molecular formula is C14H21NO2. The molecule has 0 radical (unpaired) electrons. The van der Waals surface area contributed by atoms with Gasteiger partial charge in [0.1, 0.15) is 6.54 Å². The smallest absolute Gasteiger partial charge is 0.325 e. The largest absolute Gasteiger partial charge is 0.462 e. The predicted octanol–water partition coefficient (Wildman–Crippen LogP) is 2.69. The van der Waals surface area contributed by atoms with Gasteiger partial charge in [0.25, 0.3) is 0 Å². The predicted molar refractivity (Wildman–Crippen MR) is 70.4 cm³/mol. The van der Waals surface area contributed by atoms with Crippen LogP contribution in [-0.4, -0.2) is 25.7 Å². The lowest BCUT2D eigenvalue weighted by molar-refractivity contribution is -0.145. The maximum atomic E-state index is 11.6. The highest BCUT2D eigenvalue weighted by atomic mass is 16.5. The molecule has 0 aliphatic rings. The number of anilines is 1. The Bertz CT molecular complexity index is 399. The lowest BCUT2D eigenvalue weighted by Gasteiger charge is -2.21. The number of rotatable bonds is 4. The van der Waals surface area contributed by atoms with Gasteiger partial charge in [0.2, 0.25) is 0 Å². The molecule has 0 unspecified atom stereocenters. The second-order valence-corrected chi connectivity index (χ2v) is 4.68.